The maximum absolute atomic E-state index is 12.0. The molecule has 4 saturated carbocycles. The number of carbonyl (C=O) groups excluding carboxylic acids is 2. The van der Waals surface area contributed by atoms with Gasteiger partial charge in [-0.15, -0.1) is 6.58 Å². The molecule has 13 atom stereocenters. The zero-order valence-corrected chi connectivity index (χ0v) is 24.1. The van der Waals surface area contributed by atoms with Crippen molar-refractivity contribution in [2.24, 2.45) is 40.4 Å². The summed E-state index contributed by atoms with van der Waals surface area (Å²) in [7, 11) is 0. The van der Waals surface area contributed by atoms with E-state index in [9.17, 15) is 19.8 Å². The molecular weight excluding hydrogens is 500 g/mol. The van der Waals surface area contributed by atoms with Crippen molar-refractivity contribution in [1.29, 1.82) is 0 Å². The molecule has 0 radical (unpaired) electrons. The molecule has 39 heavy (non-hydrogen) atoms. The minimum Gasteiger partial charge on any atom is -0.465 e. The lowest BCUT2D eigenvalue weighted by Gasteiger charge is -2.61. The summed E-state index contributed by atoms with van der Waals surface area (Å²) in [6, 6.07) is 0. The average Bonchev–Trinajstić information content (AvgIpc) is 3.24. The molecule has 5 aliphatic rings. The summed E-state index contributed by atoms with van der Waals surface area (Å²) in [6.45, 7) is 11.6. The molecule has 0 aromatic carbocycles. The van der Waals surface area contributed by atoms with Crippen LogP contribution in [0.5, 0.6) is 0 Å². The van der Waals surface area contributed by atoms with Crippen molar-refractivity contribution < 1.29 is 38.7 Å². The van der Waals surface area contributed by atoms with E-state index in [0.29, 0.717) is 41.6 Å². The smallest absolute Gasteiger partial charge is 0.303 e. The summed E-state index contributed by atoms with van der Waals surface area (Å²) in [5.74, 6) is 2.07. The number of fused-ring (bicyclic) bond motifs is 5. The molecule has 1 saturated heterocycles. The molecule has 5 fully saturated rings. The second kappa shape index (κ2) is 11.1. The maximum Gasteiger partial charge on any atom is 0.303 e. The molecule has 5 rings (SSSR count). The molecule has 0 aromatic rings. The van der Waals surface area contributed by atoms with Gasteiger partial charge in [0.1, 0.15) is 12.2 Å². The summed E-state index contributed by atoms with van der Waals surface area (Å²) >= 11 is 0. The zero-order chi connectivity index (χ0) is 28.1. The highest BCUT2D eigenvalue weighted by Gasteiger charge is 2.62. The number of esters is 2. The third kappa shape index (κ3) is 5.08. The van der Waals surface area contributed by atoms with Gasteiger partial charge in [0.05, 0.1) is 18.8 Å². The number of aliphatic hydroxyl groups excluding tert-OH is 2. The first-order chi connectivity index (χ1) is 18.5. The van der Waals surface area contributed by atoms with Gasteiger partial charge in [-0.1, -0.05) is 13.0 Å². The van der Waals surface area contributed by atoms with Gasteiger partial charge in [-0.05, 0) is 99.7 Å². The van der Waals surface area contributed by atoms with Crippen LogP contribution in [0.1, 0.15) is 85.5 Å². The predicted molar refractivity (Wildman–Crippen MR) is 143 cm³/mol. The number of ether oxygens (including phenoxy) is 4. The molecule has 8 heteroatoms. The van der Waals surface area contributed by atoms with E-state index in [-0.39, 0.29) is 17.5 Å². The van der Waals surface area contributed by atoms with Crippen molar-refractivity contribution in [2.75, 3.05) is 6.61 Å². The summed E-state index contributed by atoms with van der Waals surface area (Å²) in [4.78, 5) is 23.4. The number of hydrogen-bond acceptors (Lipinski definition) is 8. The van der Waals surface area contributed by atoms with Crippen LogP contribution in [0, 0.1) is 40.4 Å². The zero-order valence-electron chi connectivity index (χ0n) is 24.1. The third-order valence-corrected chi connectivity index (χ3v) is 11.6. The quantitative estimate of drug-likeness (QED) is 0.289. The Hall–Kier alpha value is -1.48. The van der Waals surface area contributed by atoms with Crippen molar-refractivity contribution in [3.8, 4) is 0 Å². The highest BCUT2D eigenvalue weighted by molar-refractivity contribution is 5.66. The number of rotatable bonds is 6. The predicted octanol–water partition coefficient (Wildman–Crippen LogP) is 4.16. The first-order valence-corrected chi connectivity index (χ1v) is 15.1. The van der Waals surface area contributed by atoms with Gasteiger partial charge in [0.25, 0.3) is 0 Å². The van der Waals surface area contributed by atoms with Gasteiger partial charge < -0.3 is 29.2 Å². The topological polar surface area (TPSA) is 112 Å². The lowest BCUT2D eigenvalue weighted by Crippen LogP contribution is -2.60. The Morgan fingerprint density at radius 1 is 1.00 bits per heavy atom. The Kier molecular flexibility index (Phi) is 8.24. The van der Waals surface area contributed by atoms with Crippen LogP contribution in [-0.2, 0) is 28.5 Å². The molecule has 1 heterocycles. The van der Waals surface area contributed by atoms with Crippen LogP contribution in [0.15, 0.2) is 12.7 Å². The van der Waals surface area contributed by atoms with Crippen LogP contribution in [0.2, 0.25) is 0 Å². The van der Waals surface area contributed by atoms with Crippen LogP contribution < -0.4 is 0 Å². The number of carbonyl (C=O) groups is 2. The van der Waals surface area contributed by atoms with E-state index in [2.05, 4.69) is 19.6 Å². The molecule has 2 N–H and O–H groups in total. The standard InChI is InChI=1S/C31H48O8/c1-6-20-8-10-24-23-9-7-21-15-22(39-29-27(35)26(34)28(17(2)37-29)38-19(4)33)11-14-31(21,16-36-18(3)32)25(23)12-13-30(20,24)5/h6,17,20-29,34-35H,1,7-16H2,2-5H3/t17-,20-,21-,22-,23-,24-,25-,26-,27-,28+,29-,30-,31+/m0/s1. The summed E-state index contributed by atoms with van der Waals surface area (Å²) < 4.78 is 23.2. The fraction of sp³-hybridized carbons (Fsp3) is 0.871. The fourth-order valence-corrected chi connectivity index (χ4v) is 9.74. The van der Waals surface area contributed by atoms with E-state index in [4.69, 9.17) is 18.9 Å². The second-order valence-corrected chi connectivity index (χ2v) is 13.4. The van der Waals surface area contributed by atoms with Gasteiger partial charge in [0.15, 0.2) is 12.4 Å². The second-order valence-electron chi connectivity index (χ2n) is 13.4. The molecule has 0 amide bonds. The third-order valence-electron chi connectivity index (χ3n) is 11.6. The highest BCUT2D eigenvalue weighted by atomic mass is 16.7. The Labute approximate surface area is 232 Å². The summed E-state index contributed by atoms with van der Waals surface area (Å²) in [5.41, 5.74) is 0.274. The molecule has 220 valence electrons. The van der Waals surface area contributed by atoms with Gasteiger partial charge in [-0.25, -0.2) is 0 Å². The van der Waals surface area contributed by atoms with Gasteiger partial charge in [-0.2, -0.15) is 0 Å². The van der Waals surface area contributed by atoms with Gasteiger partial charge >= 0.3 is 11.9 Å². The Balaban J connectivity index is 1.31. The van der Waals surface area contributed by atoms with E-state index in [1.165, 1.54) is 39.5 Å². The number of allylic oxidation sites excluding steroid dienone is 1. The maximum atomic E-state index is 12.0. The van der Waals surface area contributed by atoms with Crippen LogP contribution >= 0.6 is 0 Å². The monoisotopic (exact) mass is 548 g/mol. The first kappa shape index (κ1) is 29.0. The molecule has 0 unspecified atom stereocenters. The number of aliphatic hydroxyl groups is 2. The van der Waals surface area contributed by atoms with Gasteiger partial charge in [0, 0.05) is 19.3 Å². The Morgan fingerprint density at radius 2 is 1.77 bits per heavy atom. The normalized spacial score (nSPS) is 49.2. The van der Waals surface area contributed by atoms with Crippen molar-refractivity contribution >= 4 is 11.9 Å². The minimum atomic E-state index is -1.31. The van der Waals surface area contributed by atoms with E-state index >= 15 is 0 Å². The summed E-state index contributed by atoms with van der Waals surface area (Å²) in [5, 5.41) is 21.4. The SMILES string of the molecule is C=C[C@H]1CC[C@H]2[C@@H]3CC[C@H]4C[C@@H](O[C@@H]5O[C@@H](C)[C@@H](OC(C)=O)[C@@H](O)[C@@H]5O)CC[C@]4(COC(C)=O)[C@H]3CC[C@@]12C. The molecule has 4 aliphatic carbocycles. The van der Waals surface area contributed by atoms with Gasteiger partial charge in [-0.3, -0.25) is 9.59 Å². The molecule has 0 aromatic heterocycles. The van der Waals surface area contributed by atoms with Crippen LogP contribution in [0.4, 0.5) is 0 Å². The fourth-order valence-electron chi connectivity index (χ4n) is 9.74. The van der Waals surface area contributed by atoms with E-state index in [1.54, 1.807) is 6.92 Å². The minimum absolute atomic E-state index is 0.0543. The molecule has 0 spiro atoms. The van der Waals surface area contributed by atoms with Crippen molar-refractivity contribution in [3.05, 3.63) is 12.7 Å². The van der Waals surface area contributed by atoms with Crippen LogP contribution in [0.3, 0.4) is 0 Å². The molecule has 8 nitrogen and oxygen atoms in total. The van der Waals surface area contributed by atoms with Crippen LogP contribution in [-0.4, -0.2) is 65.6 Å². The van der Waals surface area contributed by atoms with Crippen molar-refractivity contribution in [3.63, 3.8) is 0 Å². The lowest BCUT2D eigenvalue weighted by molar-refractivity contribution is -0.312. The average molecular weight is 549 g/mol. The largest absolute Gasteiger partial charge is 0.465 e. The molecular formula is C31H48O8. The number of hydrogen-bond donors (Lipinski definition) is 2. The lowest BCUT2D eigenvalue weighted by atomic mass is 9.44. The highest BCUT2D eigenvalue weighted by Crippen LogP contribution is 2.67. The van der Waals surface area contributed by atoms with Crippen molar-refractivity contribution in [2.45, 2.75) is 122 Å². The van der Waals surface area contributed by atoms with E-state index in [0.717, 1.165) is 32.1 Å². The molecule has 1 aliphatic heterocycles. The Morgan fingerprint density at radius 3 is 2.46 bits per heavy atom. The Bertz CT molecular complexity index is 938. The van der Waals surface area contributed by atoms with Crippen LogP contribution in [0.25, 0.3) is 0 Å². The summed E-state index contributed by atoms with van der Waals surface area (Å²) in [6.07, 6.45) is 6.54. The molecule has 0 bridgehead atoms. The first-order valence-electron chi connectivity index (χ1n) is 15.1. The van der Waals surface area contributed by atoms with E-state index < -0.39 is 36.7 Å². The van der Waals surface area contributed by atoms with Gasteiger partial charge in [0.2, 0.25) is 0 Å². The van der Waals surface area contributed by atoms with E-state index in [1.807, 2.05) is 0 Å². The van der Waals surface area contributed by atoms with Crippen molar-refractivity contribution in [1.82, 2.24) is 0 Å².